The van der Waals surface area contributed by atoms with Gasteiger partial charge in [-0.15, -0.1) is 0 Å². The van der Waals surface area contributed by atoms with Gasteiger partial charge in [0, 0.05) is 18.7 Å². The second kappa shape index (κ2) is 7.57. The van der Waals surface area contributed by atoms with Crippen LogP contribution in [0.1, 0.15) is 51.9 Å². The van der Waals surface area contributed by atoms with Crippen LogP contribution in [-0.2, 0) is 30.6 Å². The molecule has 1 aromatic carbocycles. The van der Waals surface area contributed by atoms with Crippen LogP contribution < -0.4 is 10.9 Å². The zero-order chi connectivity index (χ0) is 18.7. The molecule has 134 valence electrons. The van der Waals surface area contributed by atoms with Crippen LogP contribution in [0.3, 0.4) is 0 Å². The average molecular weight is 349 g/mol. The maximum Gasteiger partial charge on any atom is 0.266 e. The molecule has 2 aromatic rings. The molecule has 1 heterocycles. The van der Waals surface area contributed by atoms with Gasteiger partial charge in [0.15, 0.2) is 0 Å². The van der Waals surface area contributed by atoms with Crippen molar-refractivity contribution in [3.8, 4) is 6.07 Å². The number of nitrogens with zero attached hydrogens (tertiary/aromatic N) is 1. The van der Waals surface area contributed by atoms with E-state index in [4.69, 9.17) is 5.26 Å². The first-order valence-corrected chi connectivity index (χ1v) is 8.99. The molecule has 0 fully saturated rings. The van der Waals surface area contributed by atoms with Crippen molar-refractivity contribution in [3.05, 3.63) is 67.6 Å². The second-order valence-electron chi connectivity index (χ2n) is 6.90. The Morgan fingerprint density at radius 2 is 2.04 bits per heavy atom. The minimum atomic E-state index is -0.368. The normalized spacial score (nSPS) is 12.5. The molecule has 0 unspecified atom stereocenters. The summed E-state index contributed by atoms with van der Waals surface area (Å²) in [5.74, 6) is -0.0333. The summed E-state index contributed by atoms with van der Waals surface area (Å²) >= 11 is 0. The monoisotopic (exact) mass is 349 g/mol. The van der Waals surface area contributed by atoms with Crippen molar-refractivity contribution in [1.82, 2.24) is 10.3 Å². The van der Waals surface area contributed by atoms with E-state index in [0.717, 1.165) is 29.7 Å². The summed E-state index contributed by atoms with van der Waals surface area (Å²) in [5, 5.41) is 12.1. The Bertz CT molecular complexity index is 951. The van der Waals surface area contributed by atoms with Gasteiger partial charge in [-0.2, -0.15) is 5.26 Å². The summed E-state index contributed by atoms with van der Waals surface area (Å²) in [6.07, 6.45) is 4.32. The van der Waals surface area contributed by atoms with E-state index < -0.39 is 0 Å². The van der Waals surface area contributed by atoms with Crippen molar-refractivity contribution >= 4 is 5.91 Å². The molecule has 0 saturated carbocycles. The number of carbonyl (C=O) groups excluding carboxylic acids is 1. The number of hydrogen-bond donors (Lipinski definition) is 2. The number of hydrogen-bond acceptors (Lipinski definition) is 3. The maximum absolute atomic E-state index is 12.2. The standard InChI is InChI=1S/C21H23N3O2/c1-13-18(14(2)24-21(26)19(13)11-22)8-9-20(25)23-12-15-6-7-16-4-3-5-17(16)10-15/h6-7,10H,3-5,8-9,12H2,1-2H3,(H,23,25)(H,24,26). The lowest BCUT2D eigenvalue weighted by molar-refractivity contribution is -0.121. The number of aryl methyl sites for hydroxylation is 3. The molecular formula is C21H23N3O2. The van der Waals surface area contributed by atoms with Crippen molar-refractivity contribution in [2.24, 2.45) is 0 Å². The Hall–Kier alpha value is -2.87. The van der Waals surface area contributed by atoms with Crippen LogP contribution in [0.5, 0.6) is 0 Å². The van der Waals surface area contributed by atoms with Gasteiger partial charge in [0.2, 0.25) is 5.91 Å². The fraction of sp³-hybridized carbons (Fsp3) is 0.381. The van der Waals surface area contributed by atoms with E-state index >= 15 is 0 Å². The molecule has 0 aliphatic heterocycles. The van der Waals surface area contributed by atoms with E-state index in [1.165, 1.54) is 17.5 Å². The van der Waals surface area contributed by atoms with Gasteiger partial charge in [-0.05, 0) is 67.3 Å². The first-order valence-electron chi connectivity index (χ1n) is 8.99. The first-order chi connectivity index (χ1) is 12.5. The minimum Gasteiger partial charge on any atom is -0.352 e. The van der Waals surface area contributed by atoms with Gasteiger partial charge in [-0.1, -0.05) is 18.2 Å². The molecule has 0 radical (unpaired) electrons. The molecule has 5 heteroatoms. The molecule has 0 saturated heterocycles. The predicted molar refractivity (Wildman–Crippen MR) is 99.9 cm³/mol. The number of nitriles is 1. The smallest absolute Gasteiger partial charge is 0.266 e. The molecule has 1 aliphatic rings. The zero-order valence-electron chi connectivity index (χ0n) is 15.2. The molecule has 1 amide bonds. The van der Waals surface area contributed by atoms with E-state index in [9.17, 15) is 9.59 Å². The molecule has 0 atom stereocenters. The van der Waals surface area contributed by atoms with Crippen molar-refractivity contribution < 1.29 is 4.79 Å². The highest BCUT2D eigenvalue weighted by atomic mass is 16.1. The molecule has 2 N–H and O–H groups in total. The van der Waals surface area contributed by atoms with Crippen molar-refractivity contribution in [3.63, 3.8) is 0 Å². The summed E-state index contributed by atoms with van der Waals surface area (Å²) < 4.78 is 0. The molecule has 26 heavy (non-hydrogen) atoms. The number of rotatable bonds is 5. The van der Waals surface area contributed by atoms with Crippen LogP contribution in [0.25, 0.3) is 0 Å². The number of pyridine rings is 1. The van der Waals surface area contributed by atoms with Crippen LogP contribution in [0.15, 0.2) is 23.0 Å². The van der Waals surface area contributed by atoms with Crippen LogP contribution in [0.2, 0.25) is 0 Å². The summed E-state index contributed by atoms with van der Waals surface area (Å²) in [7, 11) is 0. The van der Waals surface area contributed by atoms with E-state index in [2.05, 4.69) is 28.5 Å². The summed E-state index contributed by atoms with van der Waals surface area (Å²) in [4.78, 5) is 26.7. The van der Waals surface area contributed by atoms with Gasteiger partial charge in [-0.3, -0.25) is 9.59 Å². The lowest BCUT2D eigenvalue weighted by atomic mass is 9.99. The number of fused-ring (bicyclic) bond motifs is 1. The van der Waals surface area contributed by atoms with Crippen molar-refractivity contribution in [2.45, 2.75) is 52.5 Å². The Kier molecular flexibility index (Phi) is 5.22. The van der Waals surface area contributed by atoms with Crippen LogP contribution in [0.4, 0.5) is 0 Å². The third kappa shape index (κ3) is 3.70. The summed E-state index contributed by atoms with van der Waals surface area (Å²) in [6.45, 7) is 4.09. The van der Waals surface area contributed by atoms with Gasteiger partial charge in [0.05, 0.1) is 0 Å². The number of benzene rings is 1. The van der Waals surface area contributed by atoms with E-state index in [-0.39, 0.29) is 17.0 Å². The van der Waals surface area contributed by atoms with Gasteiger partial charge in [-0.25, -0.2) is 0 Å². The van der Waals surface area contributed by atoms with E-state index in [1.54, 1.807) is 13.8 Å². The second-order valence-corrected chi connectivity index (χ2v) is 6.90. The SMILES string of the molecule is Cc1[nH]c(=O)c(C#N)c(C)c1CCC(=O)NCc1ccc2c(c1)CCC2. The predicted octanol–water partition coefficient (Wildman–Crippen LogP) is 2.60. The summed E-state index contributed by atoms with van der Waals surface area (Å²) in [6, 6.07) is 8.38. The number of nitrogens with one attached hydrogen (secondary N) is 2. The number of amides is 1. The molecule has 1 aliphatic carbocycles. The van der Waals surface area contributed by atoms with E-state index in [0.29, 0.717) is 24.9 Å². The largest absolute Gasteiger partial charge is 0.352 e. The topological polar surface area (TPSA) is 85.8 Å². The first kappa shape index (κ1) is 17.9. The van der Waals surface area contributed by atoms with Gasteiger partial charge < -0.3 is 10.3 Å². The number of carbonyl (C=O) groups is 1. The molecule has 1 aromatic heterocycles. The minimum absolute atomic E-state index is 0.0333. The van der Waals surface area contributed by atoms with Crippen LogP contribution in [0, 0.1) is 25.2 Å². The van der Waals surface area contributed by atoms with Crippen molar-refractivity contribution in [2.75, 3.05) is 0 Å². The average Bonchev–Trinajstić information content (AvgIpc) is 3.07. The molecule has 5 nitrogen and oxygen atoms in total. The van der Waals surface area contributed by atoms with Crippen LogP contribution >= 0.6 is 0 Å². The number of aromatic amines is 1. The van der Waals surface area contributed by atoms with Crippen LogP contribution in [-0.4, -0.2) is 10.9 Å². The number of aromatic nitrogens is 1. The third-order valence-corrected chi connectivity index (χ3v) is 5.17. The Labute approximate surface area is 153 Å². The molecular weight excluding hydrogens is 326 g/mol. The quantitative estimate of drug-likeness (QED) is 0.870. The van der Waals surface area contributed by atoms with Gasteiger partial charge in [0.25, 0.3) is 5.56 Å². The third-order valence-electron chi connectivity index (χ3n) is 5.17. The highest BCUT2D eigenvalue weighted by Gasteiger charge is 2.14. The van der Waals surface area contributed by atoms with E-state index in [1.807, 2.05) is 6.07 Å². The number of H-pyrrole nitrogens is 1. The summed E-state index contributed by atoms with van der Waals surface area (Å²) in [5.41, 5.74) is 5.98. The molecule has 0 bridgehead atoms. The van der Waals surface area contributed by atoms with Gasteiger partial charge >= 0.3 is 0 Å². The maximum atomic E-state index is 12.2. The molecule has 3 rings (SSSR count). The Morgan fingerprint density at radius 3 is 2.81 bits per heavy atom. The van der Waals surface area contributed by atoms with Crippen molar-refractivity contribution in [1.29, 1.82) is 5.26 Å². The highest BCUT2D eigenvalue weighted by Crippen LogP contribution is 2.22. The lowest BCUT2D eigenvalue weighted by Crippen LogP contribution is -2.24. The van der Waals surface area contributed by atoms with Gasteiger partial charge in [0.1, 0.15) is 11.6 Å². The Balaban J connectivity index is 1.60. The highest BCUT2D eigenvalue weighted by molar-refractivity contribution is 5.76. The fourth-order valence-corrected chi connectivity index (χ4v) is 3.68. The Morgan fingerprint density at radius 1 is 1.27 bits per heavy atom. The fourth-order valence-electron chi connectivity index (χ4n) is 3.68. The molecule has 0 spiro atoms. The zero-order valence-corrected chi connectivity index (χ0v) is 15.2. The lowest BCUT2D eigenvalue weighted by Gasteiger charge is -2.11.